The normalized spacial score (nSPS) is 15.5. The third-order valence-corrected chi connectivity index (χ3v) is 6.49. The van der Waals surface area contributed by atoms with E-state index in [-0.39, 0.29) is 16.1 Å². The quantitative estimate of drug-likeness (QED) is 0.798. The predicted octanol–water partition coefficient (Wildman–Crippen LogP) is 2.55. The molecule has 0 aromatic heterocycles. The number of benzene rings is 2. The number of likely N-dealkylation sites (N-methyl/N-ethyl adjacent to an activating group) is 1. The topological polar surface area (TPSA) is 90.0 Å². The lowest BCUT2D eigenvalue weighted by molar-refractivity contribution is 0.0697. The van der Waals surface area contributed by atoms with E-state index in [0.29, 0.717) is 5.69 Å². The third-order valence-electron chi connectivity index (χ3n) is 5.11. The van der Waals surface area contributed by atoms with Crippen molar-refractivity contribution >= 4 is 27.4 Å². The first-order chi connectivity index (χ1) is 13.2. The summed E-state index contributed by atoms with van der Waals surface area (Å²) in [5.41, 5.74) is 2.80. The lowest BCUT2D eigenvalue weighted by Gasteiger charge is -2.34. The lowest BCUT2D eigenvalue weighted by atomic mass is 10.1. The van der Waals surface area contributed by atoms with Crippen LogP contribution in [0.4, 0.5) is 11.4 Å². The van der Waals surface area contributed by atoms with Crippen LogP contribution in [0.15, 0.2) is 41.3 Å². The molecule has 7 nitrogen and oxygen atoms in total. The zero-order chi connectivity index (χ0) is 20.5. The van der Waals surface area contributed by atoms with Crippen LogP contribution in [0.25, 0.3) is 0 Å². The Morgan fingerprint density at radius 3 is 2.29 bits per heavy atom. The van der Waals surface area contributed by atoms with E-state index < -0.39 is 16.0 Å². The van der Waals surface area contributed by atoms with Gasteiger partial charge in [-0.25, -0.2) is 13.2 Å². The molecule has 0 saturated carbocycles. The highest BCUT2D eigenvalue weighted by molar-refractivity contribution is 7.92. The Hall–Kier alpha value is -2.58. The van der Waals surface area contributed by atoms with Crippen molar-refractivity contribution in [2.45, 2.75) is 18.7 Å². The fourth-order valence-corrected chi connectivity index (χ4v) is 4.32. The second-order valence-electron chi connectivity index (χ2n) is 7.18. The maximum Gasteiger partial charge on any atom is 0.337 e. The molecule has 150 valence electrons. The van der Waals surface area contributed by atoms with Gasteiger partial charge in [0.15, 0.2) is 0 Å². The molecule has 1 aliphatic heterocycles. The van der Waals surface area contributed by atoms with Gasteiger partial charge in [-0.05, 0) is 62.4 Å². The van der Waals surface area contributed by atoms with Crippen molar-refractivity contribution in [3.05, 3.63) is 53.1 Å². The molecule has 1 saturated heterocycles. The van der Waals surface area contributed by atoms with Crippen molar-refractivity contribution in [1.29, 1.82) is 0 Å². The van der Waals surface area contributed by atoms with Crippen molar-refractivity contribution in [2.75, 3.05) is 42.8 Å². The van der Waals surface area contributed by atoms with Gasteiger partial charge < -0.3 is 14.9 Å². The fourth-order valence-electron chi connectivity index (χ4n) is 3.19. The van der Waals surface area contributed by atoms with E-state index >= 15 is 0 Å². The van der Waals surface area contributed by atoms with Gasteiger partial charge in [-0.2, -0.15) is 0 Å². The van der Waals surface area contributed by atoms with Crippen LogP contribution in [0.3, 0.4) is 0 Å². The molecule has 3 rings (SSSR count). The summed E-state index contributed by atoms with van der Waals surface area (Å²) >= 11 is 0. The number of aryl methyl sites for hydroxylation is 2. The van der Waals surface area contributed by atoms with Crippen LogP contribution in [0.1, 0.15) is 21.5 Å². The lowest BCUT2D eigenvalue weighted by Crippen LogP contribution is -2.45. The molecule has 0 radical (unpaired) electrons. The Morgan fingerprint density at radius 1 is 1.00 bits per heavy atom. The van der Waals surface area contributed by atoms with E-state index in [2.05, 4.69) is 9.62 Å². The van der Waals surface area contributed by atoms with Crippen LogP contribution in [-0.4, -0.2) is 57.6 Å². The number of hydrogen-bond acceptors (Lipinski definition) is 5. The number of rotatable bonds is 5. The van der Waals surface area contributed by atoms with Gasteiger partial charge in [-0.3, -0.25) is 4.72 Å². The molecule has 0 unspecified atom stereocenters. The minimum absolute atomic E-state index is 0.0878. The summed E-state index contributed by atoms with van der Waals surface area (Å²) in [5, 5.41) is 9.64. The zero-order valence-corrected chi connectivity index (χ0v) is 17.1. The van der Waals surface area contributed by atoms with Crippen LogP contribution in [0.2, 0.25) is 0 Å². The van der Waals surface area contributed by atoms with E-state index in [1.54, 1.807) is 30.3 Å². The van der Waals surface area contributed by atoms with E-state index in [0.717, 1.165) is 37.3 Å². The summed E-state index contributed by atoms with van der Waals surface area (Å²) in [5.74, 6) is -1.08. The number of carboxylic acids is 1. The Balaban J connectivity index is 1.89. The minimum Gasteiger partial charge on any atom is -0.478 e. The van der Waals surface area contributed by atoms with Gasteiger partial charge in [0.25, 0.3) is 10.0 Å². The smallest absolute Gasteiger partial charge is 0.337 e. The summed E-state index contributed by atoms with van der Waals surface area (Å²) < 4.78 is 27.9. The van der Waals surface area contributed by atoms with Gasteiger partial charge in [0, 0.05) is 31.9 Å². The summed E-state index contributed by atoms with van der Waals surface area (Å²) in [6.45, 7) is 6.91. The minimum atomic E-state index is -3.80. The molecule has 0 amide bonds. The molecule has 1 fully saturated rings. The molecular formula is C20H25N3O4S. The summed E-state index contributed by atoms with van der Waals surface area (Å²) in [4.78, 5) is 16.1. The van der Waals surface area contributed by atoms with Gasteiger partial charge in [0.05, 0.1) is 16.1 Å². The monoisotopic (exact) mass is 403 g/mol. The number of carbonyl (C=O) groups is 1. The number of nitrogens with zero attached hydrogens (tertiary/aromatic N) is 2. The van der Waals surface area contributed by atoms with Gasteiger partial charge >= 0.3 is 5.97 Å². The standard InChI is InChI=1S/C20H25N3O4S/c1-14-4-6-17(12-15(14)2)28(26,27)21-16-5-7-19(18(13-16)20(24)25)23-10-8-22(3)9-11-23/h4-7,12-13,21H,8-11H2,1-3H3,(H,24,25). The van der Waals surface area contributed by atoms with E-state index in [4.69, 9.17) is 0 Å². The average molecular weight is 404 g/mol. The van der Waals surface area contributed by atoms with Crippen molar-refractivity contribution in [2.24, 2.45) is 0 Å². The number of hydrogen-bond donors (Lipinski definition) is 2. The largest absolute Gasteiger partial charge is 0.478 e. The molecule has 0 bridgehead atoms. The Morgan fingerprint density at radius 2 is 1.68 bits per heavy atom. The number of carboxylic acid groups (broad SMARTS) is 1. The predicted molar refractivity (Wildman–Crippen MR) is 110 cm³/mol. The molecule has 8 heteroatoms. The first-order valence-electron chi connectivity index (χ1n) is 9.08. The van der Waals surface area contributed by atoms with E-state index in [1.165, 1.54) is 6.07 Å². The Labute approximate surface area is 165 Å². The molecule has 2 N–H and O–H groups in total. The van der Waals surface area contributed by atoms with Gasteiger partial charge in [0.2, 0.25) is 0 Å². The molecule has 2 aromatic rings. The average Bonchev–Trinajstić information content (AvgIpc) is 2.64. The Bertz CT molecular complexity index is 997. The molecule has 0 atom stereocenters. The molecule has 28 heavy (non-hydrogen) atoms. The van der Waals surface area contributed by atoms with Gasteiger partial charge in [-0.15, -0.1) is 0 Å². The third kappa shape index (κ3) is 4.28. The molecule has 2 aromatic carbocycles. The summed E-state index contributed by atoms with van der Waals surface area (Å²) in [6.07, 6.45) is 0. The molecule has 1 heterocycles. The second kappa shape index (κ2) is 7.81. The maximum atomic E-state index is 12.7. The number of nitrogens with one attached hydrogen (secondary N) is 1. The highest BCUT2D eigenvalue weighted by Crippen LogP contribution is 2.27. The van der Waals surface area contributed by atoms with Crippen LogP contribution >= 0.6 is 0 Å². The van der Waals surface area contributed by atoms with Crippen LogP contribution in [0, 0.1) is 13.8 Å². The van der Waals surface area contributed by atoms with Crippen LogP contribution < -0.4 is 9.62 Å². The molecule has 0 spiro atoms. The van der Waals surface area contributed by atoms with Crippen LogP contribution in [0.5, 0.6) is 0 Å². The first kappa shape index (κ1) is 20.2. The highest BCUT2D eigenvalue weighted by atomic mass is 32.2. The number of piperazine rings is 1. The fraction of sp³-hybridized carbons (Fsp3) is 0.350. The maximum absolute atomic E-state index is 12.7. The van der Waals surface area contributed by atoms with Crippen molar-refractivity contribution in [3.8, 4) is 0 Å². The van der Waals surface area contributed by atoms with E-state index in [9.17, 15) is 18.3 Å². The number of anilines is 2. The zero-order valence-electron chi connectivity index (χ0n) is 16.3. The van der Waals surface area contributed by atoms with Crippen molar-refractivity contribution < 1.29 is 18.3 Å². The van der Waals surface area contributed by atoms with Gasteiger partial charge in [-0.1, -0.05) is 6.07 Å². The van der Waals surface area contributed by atoms with Crippen LogP contribution in [-0.2, 0) is 10.0 Å². The first-order valence-corrected chi connectivity index (χ1v) is 10.6. The SMILES string of the molecule is Cc1ccc(S(=O)(=O)Nc2ccc(N3CCN(C)CC3)c(C(=O)O)c2)cc1C. The van der Waals surface area contributed by atoms with Crippen molar-refractivity contribution in [3.63, 3.8) is 0 Å². The van der Waals surface area contributed by atoms with Gasteiger partial charge in [0.1, 0.15) is 0 Å². The number of sulfonamides is 1. The highest BCUT2D eigenvalue weighted by Gasteiger charge is 2.22. The Kier molecular flexibility index (Phi) is 5.62. The number of aromatic carboxylic acids is 1. The second-order valence-corrected chi connectivity index (χ2v) is 8.86. The molecule has 0 aliphatic carbocycles. The molecular weight excluding hydrogens is 378 g/mol. The van der Waals surface area contributed by atoms with E-state index in [1.807, 2.05) is 25.8 Å². The molecule has 1 aliphatic rings. The summed E-state index contributed by atoms with van der Waals surface area (Å²) in [6, 6.07) is 9.57. The van der Waals surface area contributed by atoms with Crippen molar-refractivity contribution in [1.82, 2.24) is 4.90 Å². The summed E-state index contributed by atoms with van der Waals surface area (Å²) in [7, 11) is -1.78.